The maximum Gasteiger partial charge on any atom is 0.265 e. The summed E-state index contributed by atoms with van der Waals surface area (Å²) in [5.41, 5.74) is 0.380. The van der Waals surface area contributed by atoms with Gasteiger partial charge in [-0.3, -0.25) is 9.63 Å². The van der Waals surface area contributed by atoms with E-state index in [0.29, 0.717) is 25.1 Å². The fraction of sp³-hybridized carbons (Fsp3) is 0.364. The Morgan fingerprint density at radius 2 is 2.18 bits per heavy atom. The summed E-state index contributed by atoms with van der Waals surface area (Å²) in [6.45, 7) is 2.16. The fourth-order valence-corrected chi connectivity index (χ4v) is 2.95. The molecule has 1 saturated heterocycles. The molecule has 92 valence electrons. The second-order valence-electron chi connectivity index (χ2n) is 3.80. The molecule has 2 rings (SSSR count). The van der Waals surface area contributed by atoms with E-state index in [0.717, 1.165) is 4.47 Å². The molecular formula is C11H13NO4S. The van der Waals surface area contributed by atoms with Crippen LogP contribution in [0.25, 0.3) is 0 Å². The quantitative estimate of drug-likeness (QED) is 0.762. The lowest BCUT2D eigenvalue weighted by molar-refractivity contribution is -0.0284. The van der Waals surface area contributed by atoms with E-state index in [4.69, 9.17) is 4.84 Å². The summed E-state index contributed by atoms with van der Waals surface area (Å²) in [7, 11) is -3.64. The molecule has 1 aromatic rings. The Kier molecular flexibility index (Phi) is 3.28. The molecule has 5 nitrogen and oxygen atoms in total. The third kappa shape index (κ3) is 2.38. The number of benzene rings is 1. The molecule has 0 radical (unpaired) electrons. The van der Waals surface area contributed by atoms with Gasteiger partial charge in [0.2, 0.25) is 0 Å². The average molecular weight is 255 g/mol. The highest BCUT2D eigenvalue weighted by molar-refractivity contribution is 7.89. The Morgan fingerprint density at radius 3 is 2.76 bits per heavy atom. The summed E-state index contributed by atoms with van der Waals surface area (Å²) in [4.78, 5) is 16.3. The van der Waals surface area contributed by atoms with E-state index < -0.39 is 10.0 Å². The lowest BCUT2D eigenvalue weighted by atomic mass is 10.2. The highest BCUT2D eigenvalue weighted by Gasteiger charge is 2.28. The molecule has 0 amide bonds. The lowest BCUT2D eigenvalue weighted by Gasteiger charge is -2.14. The first-order chi connectivity index (χ1) is 8.01. The lowest BCUT2D eigenvalue weighted by Crippen LogP contribution is -2.26. The predicted octanol–water partition coefficient (Wildman–Crippen LogP) is 1.22. The topological polar surface area (TPSA) is 63.7 Å². The Bertz CT molecular complexity index is 532. The summed E-state index contributed by atoms with van der Waals surface area (Å²) >= 11 is 0. The number of hydrogen-bond donors (Lipinski definition) is 0. The van der Waals surface area contributed by atoms with Gasteiger partial charge in [0, 0.05) is 12.1 Å². The van der Waals surface area contributed by atoms with Gasteiger partial charge in [-0.15, -0.1) is 0 Å². The Balaban J connectivity index is 2.39. The number of carbonyl (C=O) groups is 1. The summed E-state index contributed by atoms with van der Waals surface area (Å²) in [5.74, 6) is -0.163. The summed E-state index contributed by atoms with van der Waals surface area (Å²) in [6.07, 6.45) is 0.686. The number of sulfonamides is 1. The molecule has 6 heteroatoms. The molecule has 1 heterocycles. The molecule has 0 unspecified atom stereocenters. The van der Waals surface area contributed by atoms with Crippen LogP contribution in [0.2, 0.25) is 0 Å². The number of hydrogen-bond acceptors (Lipinski definition) is 4. The van der Waals surface area contributed by atoms with Gasteiger partial charge in [-0.05, 0) is 25.5 Å². The van der Waals surface area contributed by atoms with E-state index in [9.17, 15) is 13.2 Å². The second-order valence-corrected chi connectivity index (χ2v) is 5.63. The van der Waals surface area contributed by atoms with Gasteiger partial charge in [-0.2, -0.15) is 0 Å². The van der Waals surface area contributed by atoms with E-state index in [2.05, 4.69) is 0 Å². The van der Waals surface area contributed by atoms with Crippen molar-refractivity contribution >= 4 is 15.8 Å². The first kappa shape index (κ1) is 12.2. The summed E-state index contributed by atoms with van der Waals surface area (Å²) in [5, 5.41) is 0. The molecule has 0 aliphatic carbocycles. The zero-order valence-corrected chi connectivity index (χ0v) is 10.2. The summed E-state index contributed by atoms with van der Waals surface area (Å²) in [6, 6.07) is 5.98. The van der Waals surface area contributed by atoms with Crippen LogP contribution in [0.4, 0.5) is 0 Å². The Morgan fingerprint density at radius 1 is 1.41 bits per heavy atom. The van der Waals surface area contributed by atoms with Crippen molar-refractivity contribution in [2.24, 2.45) is 0 Å². The van der Waals surface area contributed by atoms with E-state index in [1.807, 2.05) is 0 Å². The second kappa shape index (κ2) is 4.56. The third-order valence-electron chi connectivity index (χ3n) is 2.53. The van der Waals surface area contributed by atoms with Crippen molar-refractivity contribution in [3.63, 3.8) is 0 Å². The Labute approximate surface area is 100.0 Å². The molecule has 0 atom stereocenters. The Hall–Kier alpha value is -1.24. The van der Waals surface area contributed by atoms with Crippen molar-refractivity contribution in [2.45, 2.75) is 18.2 Å². The molecule has 0 saturated carbocycles. The maximum absolute atomic E-state index is 12.1. The van der Waals surface area contributed by atoms with Crippen LogP contribution in [0.3, 0.4) is 0 Å². The number of ketones is 1. The van der Waals surface area contributed by atoms with Crippen LogP contribution in [0.15, 0.2) is 29.2 Å². The maximum atomic E-state index is 12.1. The highest BCUT2D eigenvalue weighted by Crippen LogP contribution is 2.20. The van der Waals surface area contributed by atoms with Crippen LogP contribution in [0.1, 0.15) is 23.7 Å². The normalized spacial score (nSPS) is 17.2. The van der Waals surface area contributed by atoms with Crippen LogP contribution >= 0.6 is 0 Å². The molecule has 1 aliphatic rings. The average Bonchev–Trinajstić information content (AvgIpc) is 2.83. The zero-order chi connectivity index (χ0) is 12.5. The monoisotopic (exact) mass is 255 g/mol. The van der Waals surface area contributed by atoms with Crippen molar-refractivity contribution in [1.29, 1.82) is 0 Å². The molecule has 17 heavy (non-hydrogen) atoms. The van der Waals surface area contributed by atoms with Crippen molar-refractivity contribution < 1.29 is 18.0 Å². The van der Waals surface area contributed by atoms with Gasteiger partial charge in [-0.1, -0.05) is 16.6 Å². The fourth-order valence-electron chi connectivity index (χ4n) is 1.61. The summed E-state index contributed by atoms with van der Waals surface area (Å²) < 4.78 is 25.2. The van der Waals surface area contributed by atoms with E-state index in [1.54, 1.807) is 12.1 Å². The first-order valence-electron chi connectivity index (χ1n) is 5.28. The van der Waals surface area contributed by atoms with Crippen molar-refractivity contribution in [3.05, 3.63) is 29.8 Å². The molecule has 0 bridgehead atoms. The molecular weight excluding hydrogens is 242 g/mol. The number of carbonyl (C=O) groups excluding carboxylic acids is 1. The van der Waals surface area contributed by atoms with Crippen molar-refractivity contribution in [2.75, 3.05) is 13.2 Å². The van der Waals surface area contributed by atoms with E-state index in [-0.39, 0.29) is 10.7 Å². The molecule has 0 spiro atoms. The largest absolute Gasteiger partial charge is 0.295 e. The zero-order valence-electron chi connectivity index (χ0n) is 9.42. The molecule has 0 N–H and O–H groups in total. The van der Waals surface area contributed by atoms with Gasteiger partial charge in [-0.25, -0.2) is 8.42 Å². The number of hydroxylamine groups is 1. The van der Waals surface area contributed by atoms with Gasteiger partial charge in [0.05, 0.1) is 11.5 Å². The van der Waals surface area contributed by atoms with Crippen molar-refractivity contribution in [3.8, 4) is 0 Å². The molecule has 1 aliphatic heterocycles. The SMILES string of the molecule is CC(=O)c1cccc(S(=O)(=O)N2CCCO2)c1. The number of rotatable bonds is 3. The number of Topliss-reactive ketones (excluding diaryl/α,β-unsaturated/α-hetero) is 1. The van der Waals surface area contributed by atoms with Crippen LogP contribution in [0.5, 0.6) is 0 Å². The first-order valence-corrected chi connectivity index (χ1v) is 6.72. The van der Waals surface area contributed by atoms with Crippen LogP contribution in [0, 0.1) is 0 Å². The van der Waals surface area contributed by atoms with Crippen LogP contribution in [-0.4, -0.2) is 31.8 Å². The van der Waals surface area contributed by atoms with Crippen molar-refractivity contribution in [1.82, 2.24) is 4.47 Å². The predicted molar refractivity (Wildman–Crippen MR) is 60.9 cm³/mol. The van der Waals surface area contributed by atoms with Gasteiger partial charge in [0.25, 0.3) is 10.0 Å². The van der Waals surface area contributed by atoms with Crippen LogP contribution < -0.4 is 0 Å². The smallest absolute Gasteiger partial charge is 0.265 e. The van der Waals surface area contributed by atoms with E-state index in [1.165, 1.54) is 19.1 Å². The molecule has 0 aromatic heterocycles. The van der Waals surface area contributed by atoms with Gasteiger partial charge < -0.3 is 0 Å². The molecule has 1 aromatic carbocycles. The highest BCUT2D eigenvalue weighted by atomic mass is 32.2. The molecule has 1 fully saturated rings. The van der Waals surface area contributed by atoms with E-state index >= 15 is 0 Å². The third-order valence-corrected chi connectivity index (χ3v) is 4.20. The standard InChI is InChI=1S/C11H13NO4S/c1-9(13)10-4-2-5-11(8-10)17(14,15)12-6-3-7-16-12/h2,4-5,8H,3,6-7H2,1H3. The minimum atomic E-state index is -3.64. The van der Waals surface area contributed by atoms with Gasteiger partial charge in [0.15, 0.2) is 5.78 Å². The minimum Gasteiger partial charge on any atom is -0.295 e. The number of nitrogens with zero attached hydrogens (tertiary/aromatic N) is 1. The van der Waals surface area contributed by atoms with Gasteiger partial charge in [0.1, 0.15) is 0 Å². The van der Waals surface area contributed by atoms with Gasteiger partial charge >= 0.3 is 0 Å². The minimum absolute atomic E-state index is 0.0899. The van der Waals surface area contributed by atoms with Crippen LogP contribution in [-0.2, 0) is 14.9 Å².